The van der Waals surface area contributed by atoms with E-state index in [0.29, 0.717) is 13.3 Å². The van der Waals surface area contributed by atoms with Crippen LogP contribution >= 0.6 is 0 Å². The molecular formula is C7H11NO2. The Labute approximate surface area is 60.2 Å². The normalized spacial score (nSPS) is 16.7. The first-order valence-electron chi connectivity index (χ1n) is 3.23. The summed E-state index contributed by atoms with van der Waals surface area (Å²) in [7, 11) is 0. The number of aliphatic hydroxyl groups excluding tert-OH is 1. The molecule has 0 atom stereocenters. The molecule has 0 fully saturated rings. The van der Waals surface area contributed by atoms with Crippen LogP contribution in [0.15, 0.2) is 24.6 Å². The van der Waals surface area contributed by atoms with Gasteiger partial charge in [0.1, 0.15) is 0 Å². The zero-order chi connectivity index (χ0) is 7.23. The maximum absolute atomic E-state index is 8.56. The van der Waals surface area contributed by atoms with Crippen LogP contribution in [0.3, 0.4) is 0 Å². The van der Waals surface area contributed by atoms with Crippen LogP contribution in [0.2, 0.25) is 0 Å². The Balaban J connectivity index is 2.33. The van der Waals surface area contributed by atoms with Gasteiger partial charge in [0.2, 0.25) is 0 Å². The molecule has 3 nitrogen and oxygen atoms in total. The van der Waals surface area contributed by atoms with Crippen molar-refractivity contribution in [1.82, 2.24) is 4.90 Å². The molecule has 1 aliphatic heterocycles. The molecule has 0 aromatic rings. The summed E-state index contributed by atoms with van der Waals surface area (Å²) >= 11 is 0. The predicted molar refractivity (Wildman–Crippen MR) is 38.0 cm³/mol. The Morgan fingerprint density at radius 3 is 3.20 bits per heavy atom. The van der Waals surface area contributed by atoms with Crippen molar-refractivity contribution >= 4 is 0 Å². The molecule has 0 aromatic heterocycles. The summed E-state index contributed by atoms with van der Waals surface area (Å²) in [4.78, 5) is 1.89. The topological polar surface area (TPSA) is 32.7 Å². The van der Waals surface area contributed by atoms with Gasteiger partial charge < -0.3 is 14.7 Å². The van der Waals surface area contributed by atoms with Crippen LogP contribution in [0.1, 0.15) is 0 Å². The fourth-order valence-electron chi connectivity index (χ4n) is 0.722. The Bertz CT molecular complexity index is 143. The summed E-state index contributed by atoms with van der Waals surface area (Å²) in [5.41, 5.74) is 0. The number of allylic oxidation sites excluding steroid dienone is 2. The van der Waals surface area contributed by atoms with Crippen molar-refractivity contribution < 1.29 is 9.84 Å². The van der Waals surface area contributed by atoms with E-state index < -0.39 is 0 Å². The van der Waals surface area contributed by atoms with Crippen LogP contribution in [-0.4, -0.2) is 29.9 Å². The van der Waals surface area contributed by atoms with E-state index in [4.69, 9.17) is 9.84 Å². The SMILES string of the molecule is OCCN1C=CC=COC1. The number of hydrogen-bond acceptors (Lipinski definition) is 3. The number of hydrogen-bond donors (Lipinski definition) is 1. The third-order valence-corrected chi connectivity index (χ3v) is 1.21. The van der Waals surface area contributed by atoms with Gasteiger partial charge in [0.25, 0.3) is 0 Å². The van der Waals surface area contributed by atoms with Crippen LogP contribution < -0.4 is 0 Å². The first kappa shape index (κ1) is 7.15. The predicted octanol–water partition coefficient (Wildman–Crippen LogP) is 0.296. The highest BCUT2D eigenvalue weighted by Crippen LogP contribution is 1.95. The lowest BCUT2D eigenvalue weighted by molar-refractivity contribution is 0.114. The van der Waals surface area contributed by atoms with Gasteiger partial charge in [-0.15, -0.1) is 0 Å². The number of rotatable bonds is 2. The minimum absolute atomic E-state index is 0.160. The standard InChI is InChI=1S/C7H11NO2/c9-5-4-8-3-1-2-6-10-7-8/h1-3,6,9H,4-5,7H2. The summed E-state index contributed by atoms with van der Waals surface area (Å²) in [6.45, 7) is 1.30. The maximum Gasteiger partial charge on any atom is 0.160 e. The van der Waals surface area contributed by atoms with Crippen molar-refractivity contribution in [2.45, 2.75) is 0 Å². The summed E-state index contributed by atoms with van der Waals surface area (Å²) in [5, 5.41) is 8.56. The van der Waals surface area contributed by atoms with Crippen LogP contribution in [0.4, 0.5) is 0 Å². The molecule has 10 heavy (non-hydrogen) atoms. The monoisotopic (exact) mass is 141 g/mol. The largest absolute Gasteiger partial charge is 0.481 e. The van der Waals surface area contributed by atoms with Gasteiger partial charge in [-0.3, -0.25) is 0 Å². The number of aliphatic hydroxyl groups is 1. The van der Waals surface area contributed by atoms with Crippen molar-refractivity contribution in [2.75, 3.05) is 19.9 Å². The molecule has 3 heteroatoms. The molecule has 0 bridgehead atoms. The zero-order valence-electron chi connectivity index (χ0n) is 5.73. The van der Waals surface area contributed by atoms with Crippen molar-refractivity contribution in [1.29, 1.82) is 0 Å². The van der Waals surface area contributed by atoms with E-state index in [0.717, 1.165) is 0 Å². The minimum atomic E-state index is 0.160. The van der Waals surface area contributed by atoms with E-state index in [2.05, 4.69) is 0 Å². The third kappa shape index (κ3) is 2.11. The van der Waals surface area contributed by atoms with Crippen LogP contribution in [0, 0.1) is 0 Å². The van der Waals surface area contributed by atoms with E-state index in [1.54, 1.807) is 6.26 Å². The van der Waals surface area contributed by atoms with E-state index in [-0.39, 0.29) is 6.61 Å². The van der Waals surface area contributed by atoms with Gasteiger partial charge in [-0.1, -0.05) is 0 Å². The number of β-amino-alcohol motifs (C(OH)–C–C–N with tert-alkyl or cyclic N) is 1. The quantitative estimate of drug-likeness (QED) is 0.600. The lowest BCUT2D eigenvalue weighted by atomic mass is 10.5. The summed E-state index contributed by atoms with van der Waals surface area (Å²) in [5.74, 6) is 0. The Morgan fingerprint density at radius 2 is 2.40 bits per heavy atom. The first-order valence-corrected chi connectivity index (χ1v) is 3.23. The average molecular weight is 141 g/mol. The molecule has 0 unspecified atom stereocenters. The van der Waals surface area contributed by atoms with E-state index >= 15 is 0 Å². The Morgan fingerprint density at radius 1 is 1.50 bits per heavy atom. The van der Waals surface area contributed by atoms with E-state index in [1.807, 2.05) is 23.3 Å². The van der Waals surface area contributed by atoms with E-state index in [9.17, 15) is 0 Å². The van der Waals surface area contributed by atoms with Gasteiger partial charge in [0.05, 0.1) is 12.9 Å². The fourth-order valence-corrected chi connectivity index (χ4v) is 0.722. The van der Waals surface area contributed by atoms with Crippen LogP contribution in [0.25, 0.3) is 0 Å². The second-order valence-electron chi connectivity index (χ2n) is 2.00. The molecule has 1 heterocycles. The van der Waals surface area contributed by atoms with Gasteiger partial charge in [-0.05, 0) is 12.2 Å². The minimum Gasteiger partial charge on any atom is -0.481 e. The highest BCUT2D eigenvalue weighted by Gasteiger charge is 1.97. The summed E-state index contributed by atoms with van der Waals surface area (Å²) in [6.07, 6.45) is 7.22. The van der Waals surface area contributed by atoms with Gasteiger partial charge in [0, 0.05) is 12.7 Å². The van der Waals surface area contributed by atoms with Crippen molar-refractivity contribution in [3.63, 3.8) is 0 Å². The third-order valence-electron chi connectivity index (χ3n) is 1.21. The summed E-state index contributed by atoms with van der Waals surface area (Å²) in [6, 6.07) is 0. The number of ether oxygens (including phenoxy) is 1. The molecule has 1 N–H and O–H groups in total. The summed E-state index contributed by atoms with van der Waals surface area (Å²) < 4.78 is 5.03. The molecule has 0 spiro atoms. The van der Waals surface area contributed by atoms with Gasteiger partial charge in [-0.2, -0.15) is 0 Å². The zero-order valence-corrected chi connectivity index (χ0v) is 5.73. The smallest absolute Gasteiger partial charge is 0.160 e. The van der Waals surface area contributed by atoms with Crippen molar-refractivity contribution in [3.05, 3.63) is 24.6 Å². The lowest BCUT2D eigenvalue weighted by Crippen LogP contribution is -2.22. The van der Waals surface area contributed by atoms with Crippen molar-refractivity contribution in [3.8, 4) is 0 Å². The van der Waals surface area contributed by atoms with E-state index in [1.165, 1.54) is 0 Å². The second-order valence-corrected chi connectivity index (χ2v) is 2.00. The fraction of sp³-hybridized carbons (Fsp3) is 0.429. The average Bonchev–Trinajstić information content (AvgIpc) is 2.17. The van der Waals surface area contributed by atoms with Gasteiger partial charge in [0.15, 0.2) is 6.73 Å². The van der Waals surface area contributed by atoms with Crippen molar-refractivity contribution in [2.24, 2.45) is 0 Å². The first-order chi connectivity index (χ1) is 4.93. The molecule has 56 valence electrons. The second kappa shape index (κ2) is 3.95. The molecule has 0 amide bonds. The molecular weight excluding hydrogens is 130 g/mol. The molecule has 0 saturated carbocycles. The van der Waals surface area contributed by atoms with Gasteiger partial charge >= 0.3 is 0 Å². The number of nitrogens with zero attached hydrogens (tertiary/aromatic N) is 1. The Kier molecular flexibility index (Phi) is 2.83. The molecule has 1 aliphatic rings. The maximum atomic E-state index is 8.56. The Hall–Kier alpha value is -0.960. The van der Waals surface area contributed by atoms with Crippen LogP contribution in [-0.2, 0) is 4.74 Å². The molecule has 0 aliphatic carbocycles. The molecule has 1 rings (SSSR count). The molecule has 0 radical (unpaired) electrons. The highest BCUT2D eigenvalue weighted by atomic mass is 16.5. The molecule has 0 aromatic carbocycles. The van der Waals surface area contributed by atoms with Gasteiger partial charge in [-0.25, -0.2) is 0 Å². The lowest BCUT2D eigenvalue weighted by Gasteiger charge is -2.16. The van der Waals surface area contributed by atoms with Crippen LogP contribution in [0.5, 0.6) is 0 Å². The molecule has 0 saturated heterocycles. The highest BCUT2D eigenvalue weighted by molar-refractivity contribution is 5.00.